The number of rotatable bonds is 26. The molecule has 14 nitrogen and oxygen atoms in total. The summed E-state index contributed by atoms with van der Waals surface area (Å²) in [7, 11) is 1.57. The minimum absolute atomic E-state index is 0.196. The maximum absolute atomic E-state index is 8.16. The quantitative estimate of drug-likeness (QED) is 0.0599. The second kappa shape index (κ2) is 24.9. The lowest BCUT2D eigenvalue weighted by atomic mass is 9.94. The van der Waals surface area contributed by atoms with E-state index in [9.17, 15) is 0 Å². The number of hydrogen-bond donors (Lipinski definition) is 0. The molecule has 0 heterocycles. The molecular formula is C19H38N6O8. The molecule has 14 heteroatoms. The number of methoxy groups -OCH3 is 1. The van der Waals surface area contributed by atoms with Crippen molar-refractivity contribution >= 4 is 0 Å². The number of hydrogen-bond acceptors (Lipinski definition) is 10. The van der Waals surface area contributed by atoms with E-state index in [4.69, 9.17) is 49.0 Å². The number of ether oxygens (including phenoxy) is 8. The lowest BCUT2D eigenvalue weighted by Gasteiger charge is -2.29. The molecule has 0 fully saturated rings. The third-order valence-corrected chi connectivity index (χ3v) is 3.84. The fourth-order valence-corrected chi connectivity index (χ4v) is 2.31. The van der Waals surface area contributed by atoms with E-state index in [1.165, 1.54) is 0 Å². The van der Waals surface area contributed by atoms with Gasteiger partial charge in [-0.05, 0) is 11.1 Å². The van der Waals surface area contributed by atoms with Crippen LogP contribution in [0.15, 0.2) is 10.2 Å². The zero-order valence-corrected chi connectivity index (χ0v) is 19.8. The molecule has 0 unspecified atom stereocenters. The Hall–Kier alpha value is -1.70. The van der Waals surface area contributed by atoms with Gasteiger partial charge in [-0.2, -0.15) is 0 Å². The topological polar surface area (TPSA) is 171 Å². The molecule has 0 aromatic heterocycles. The minimum Gasteiger partial charge on any atom is -0.379 e. The Morgan fingerprint density at radius 2 is 0.939 bits per heavy atom. The van der Waals surface area contributed by atoms with Crippen LogP contribution in [-0.4, -0.2) is 113 Å². The SMILES string of the molecule is COCOCC(C)(COCCOCCOCCN=[N+]=[N-])COCCOCCOCCN=[N+]=[N-]. The third kappa shape index (κ3) is 23.3. The molecule has 192 valence electrons. The van der Waals surface area contributed by atoms with Crippen LogP contribution in [0, 0.1) is 5.41 Å². The third-order valence-electron chi connectivity index (χ3n) is 3.84. The van der Waals surface area contributed by atoms with E-state index in [1.54, 1.807) is 7.11 Å². The van der Waals surface area contributed by atoms with E-state index in [0.717, 1.165) is 0 Å². The summed E-state index contributed by atoms with van der Waals surface area (Å²) < 4.78 is 43.3. The van der Waals surface area contributed by atoms with Gasteiger partial charge in [-0.1, -0.05) is 17.2 Å². The minimum atomic E-state index is -0.354. The predicted octanol–water partition coefficient (Wildman–Crippen LogP) is 2.33. The van der Waals surface area contributed by atoms with Crippen molar-refractivity contribution in [3.63, 3.8) is 0 Å². The van der Waals surface area contributed by atoms with Gasteiger partial charge < -0.3 is 37.9 Å². The molecule has 0 amide bonds. The van der Waals surface area contributed by atoms with Crippen molar-refractivity contribution in [3.05, 3.63) is 20.9 Å². The summed E-state index contributed by atoms with van der Waals surface area (Å²) in [5, 5.41) is 6.75. The summed E-state index contributed by atoms with van der Waals surface area (Å²) in [6.45, 7) is 8.35. The van der Waals surface area contributed by atoms with E-state index < -0.39 is 0 Å². The van der Waals surface area contributed by atoms with Crippen molar-refractivity contribution in [1.29, 1.82) is 0 Å². The van der Waals surface area contributed by atoms with Crippen LogP contribution in [0.25, 0.3) is 20.9 Å². The molecule has 0 aromatic carbocycles. The van der Waals surface area contributed by atoms with Gasteiger partial charge in [0.2, 0.25) is 0 Å². The molecule has 0 aliphatic rings. The van der Waals surface area contributed by atoms with Crippen LogP contribution in [0.2, 0.25) is 0 Å². The van der Waals surface area contributed by atoms with Crippen LogP contribution >= 0.6 is 0 Å². The van der Waals surface area contributed by atoms with Crippen LogP contribution in [0.1, 0.15) is 6.92 Å². The number of nitrogens with zero attached hydrogens (tertiary/aromatic N) is 6. The van der Waals surface area contributed by atoms with Gasteiger partial charge in [0.1, 0.15) is 6.79 Å². The standard InChI is InChI=1S/C19H38N6O8/c1-19(17-33-18-26-2,15-31-13-11-29-9-7-27-5-3-22-24-20)16-32-14-12-30-10-8-28-6-4-23-25-21/h3-18H2,1-2H3. The fraction of sp³-hybridized carbons (Fsp3) is 1.00. The first-order chi connectivity index (χ1) is 16.2. The Bertz CT molecular complexity index is 494. The molecule has 0 N–H and O–H groups in total. The zero-order chi connectivity index (χ0) is 24.3. The van der Waals surface area contributed by atoms with Crippen molar-refractivity contribution < 1.29 is 37.9 Å². The second-order valence-electron chi connectivity index (χ2n) is 7.03. The molecular weight excluding hydrogens is 440 g/mol. The summed E-state index contributed by atoms with van der Waals surface area (Å²) in [5.74, 6) is 0. The van der Waals surface area contributed by atoms with Gasteiger partial charge in [0.15, 0.2) is 0 Å². The largest absolute Gasteiger partial charge is 0.379 e. The normalized spacial score (nSPS) is 12.7. The van der Waals surface area contributed by atoms with E-state index >= 15 is 0 Å². The maximum Gasteiger partial charge on any atom is 0.146 e. The van der Waals surface area contributed by atoms with Crippen LogP contribution in [0.3, 0.4) is 0 Å². The van der Waals surface area contributed by atoms with E-state index in [0.29, 0.717) is 99.0 Å². The van der Waals surface area contributed by atoms with Crippen molar-refractivity contribution in [3.8, 4) is 0 Å². The van der Waals surface area contributed by atoms with Crippen molar-refractivity contribution in [2.45, 2.75) is 6.92 Å². The van der Waals surface area contributed by atoms with Gasteiger partial charge in [-0.25, -0.2) is 0 Å². The Morgan fingerprint density at radius 1 is 0.576 bits per heavy atom. The van der Waals surface area contributed by atoms with Gasteiger partial charge in [0.25, 0.3) is 0 Å². The Morgan fingerprint density at radius 3 is 1.33 bits per heavy atom. The van der Waals surface area contributed by atoms with Gasteiger partial charge in [0.05, 0.1) is 85.9 Å². The van der Waals surface area contributed by atoms with E-state index in [2.05, 4.69) is 20.1 Å². The van der Waals surface area contributed by atoms with E-state index in [-0.39, 0.29) is 12.2 Å². The molecule has 0 saturated carbocycles. The smallest absolute Gasteiger partial charge is 0.146 e. The second-order valence-corrected chi connectivity index (χ2v) is 7.03. The molecule has 0 radical (unpaired) electrons. The highest BCUT2D eigenvalue weighted by molar-refractivity contribution is 4.73. The first-order valence-electron chi connectivity index (χ1n) is 10.7. The zero-order valence-electron chi connectivity index (χ0n) is 19.8. The molecule has 33 heavy (non-hydrogen) atoms. The lowest BCUT2D eigenvalue weighted by molar-refractivity contribution is -0.109. The Balaban J connectivity index is 3.84. The number of azide groups is 2. The summed E-state index contributed by atoms with van der Waals surface area (Å²) in [6, 6.07) is 0. The summed E-state index contributed by atoms with van der Waals surface area (Å²) in [6.07, 6.45) is 0. The fourth-order valence-electron chi connectivity index (χ4n) is 2.31. The highest BCUT2D eigenvalue weighted by Gasteiger charge is 2.26. The van der Waals surface area contributed by atoms with Gasteiger partial charge in [-0.15, -0.1) is 0 Å². The average molecular weight is 479 g/mol. The average Bonchev–Trinajstić information content (AvgIpc) is 2.81. The van der Waals surface area contributed by atoms with Gasteiger partial charge in [-0.3, -0.25) is 0 Å². The van der Waals surface area contributed by atoms with Crippen LogP contribution in [-0.2, 0) is 37.9 Å². The van der Waals surface area contributed by atoms with E-state index in [1.807, 2.05) is 6.92 Å². The predicted molar refractivity (Wildman–Crippen MR) is 119 cm³/mol. The Kier molecular flexibility index (Phi) is 23.6. The molecule has 0 aliphatic heterocycles. The monoisotopic (exact) mass is 478 g/mol. The Labute approximate surface area is 194 Å². The summed E-state index contributed by atoms with van der Waals surface area (Å²) in [4.78, 5) is 5.29. The molecule has 0 aromatic rings. The van der Waals surface area contributed by atoms with Gasteiger partial charge >= 0.3 is 0 Å². The molecule has 0 saturated heterocycles. The molecule has 0 aliphatic carbocycles. The van der Waals surface area contributed by atoms with Crippen LogP contribution in [0.5, 0.6) is 0 Å². The molecule has 0 bridgehead atoms. The molecule has 0 rings (SSSR count). The first-order valence-corrected chi connectivity index (χ1v) is 10.7. The molecule has 0 spiro atoms. The lowest BCUT2D eigenvalue weighted by Crippen LogP contribution is -2.35. The van der Waals surface area contributed by atoms with Crippen molar-refractivity contribution in [2.75, 3.05) is 113 Å². The van der Waals surface area contributed by atoms with Crippen LogP contribution < -0.4 is 0 Å². The highest BCUT2D eigenvalue weighted by Crippen LogP contribution is 2.18. The summed E-state index contributed by atoms with van der Waals surface area (Å²) in [5.41, 5.74) is 16.0. The van der Waals surface area contributed by atoms with Gasteiger partial charge in [0, 0.05) is 35.4 Å². The highest BCUT2D eigenvalue weighted by atomic mass is 16.7. The summed E-state index contributed by atoms with van der Waals surface area (Å²) >= 11 is 0. The van der Waals surface area contributed by atoms with Crippen molar-refractivity contribution in [1.82, 2.24) is 0 Å². The molecule has 0 atom stereocenters. The van der Waals surface area contributed by atoms with Crippen molar-refractivity contribution in [2.24, 2.45) is 15.6 Å². The first kappa shape index (κ1) is 31.3. The van der Waals surface area contributed by atoms with Crippen LogP contribution in [0.4, 0.5) is 0 Å². The maximum atomic E-state index is 8.16.